The van der Waals surface area contributed by atoms with Gasteiger partial charge in [-0.25, -0.2) is 4.79 Å². The number of hydrogen-bond acceptors (Lipinski definition) is 3. The third-order valence-corrected chi connectivity index (χ3v) is 3.04. The van der Waals surface area contributed by atoms with Crippen LogP contribution >= 0.6 is 0 Å². The van der Waals surface area contributed by atoms with E-state index in [9.17, 15) is 9.59 Å². The molecule has 1 saturated heterocycles. The molecule has 0 aromatic heterocycles. The van der Waals surface area contributed by atoms with Crippen LogP contribution in [0.25, 0.3) is 0 Å². The summed E-state index contributed by atoms with van der Waals surface area (Å²) in [6.45, 7) is 4.66. The zero-order valence-electron chi connectivity index (χ0n) is 11.2. The van der Waals surface area contributed by atoms with Gasteiger partial charge in [0.25, 0.3) is 0 Å². The Labute approximate surface area is 107 Å². The summed E-state index contributed by atoms with van der Waals surface area (Å²) in [7, 11) is 1.64. The topological polar surface area (TPSA) is 78.9 Å². The van der Waals surface area contributed by atoms with Crippen LogP contribution in [0.2, 0.25) is 0 Å². The van der Waals surface area contributed by atoms with E-state index in [-0.39, 0.29) is 18.6 Å². The number of methoxy groups -OCH3 is 1. The van der Waals surface area contributed by atoms with Gasteiger partial charge in [0, 0.05) is 25.7 Å². The number of rotatable bonds is 4. The summed E-state index contributed by atoms with van der Waals surface area (Å²) in [6.07, 6.45) is 1.84. The number of ether oxygens (including phenoxy) is 1. The molecule has 0 aromatic carbocycles. The Bertz CT molecular complexity index is 317. The molecular weight excluding hydrogens is 236 g/mol. The van der Waals surface area contributed by atoms with Gasteiger partial charge >= 0.3 is 12.0 Å². The minimum absolute atomic E-state index is 0.0760. The van der Waals surface area contributed by atoms with E-state index in [0.29, 0.717) is 13.1 Å². The molecule has 0 radical (unpaired) electrons. The Morgan fingerprint density at radius 3 is 2.72 bits per heavy atom. The number of likely N-dealkylation sites (tertiary alicyclic amines) is 1. The molecule has 18 heavy (non-hydrogen) atoms. The van der Waals surface area contributed by atoms with Gasteiger partial charge < -0.3 is 20.1 Å². The van der Waals surface area contributed by atoms with E-state index in [0.717, 1.165) is 12.8 Å². The second-order valence-electron chi connectivity index (χ2n) is 5.33. The summed E-state index contributed by atoms with van der Waals surface area (Å²) in [5, 5.41) is 11.5. The quantitative estimate of drug-likeness (QED) is 0.790. The van der Waals surface area contributed by atoms with E-state index in [1.165, 1.54) is 0 Å². The molecule has 0 spiro atoms. The lowest BCUT2D eigenvalue weighted by atomic mass is 10.0. The first-order valence-electron chi connectivity index (χ1n) is 6.16. The van der Waals surface area contributed by atoms with Gasteiger partial charge in [0.1, 0.15) is 0 Å². The highest BCUT2D eigenvalue weighted by Gasteiger charge is 2.29. The first kappa shape index (κ1) is 14.8. The molecule has 1 atom stereocenters. The van der Waals surface area contributed by atoms with Crippen LogP contribution in [0.5, 0.6) is 0 Å². The number of piperidine rings is 1. The second kappa shape index (κ2) is 6.04. The van der Waals surface area contributed by atoms with Crippen molar-refractivity contribution in [1.82, 2.24) is 10.2 Å². The molecule has 1 unspecified atom stereocenters. The predicted octanol–water partition coefficient (Wildman–Crippen LogP) is 1.06. The largest absolute Gasteiger partial charge is 0.481 e. The Balaban J connectivity index is 2.51. The van der Waals surface area contributed by atoms with Crippen LogP contribution in [-0.2, 0) is 9.53 Å². The van der Waals surface area contributed by atoms with Gasteiger partial charge in [-0.2, -0.15) is 0 Å². The molecule has 1 aliphatic heterocycles. The normalized spacial score (nSPS) is 20.6. The van der Waals surface area contributed by atoms with Crippen LogP contribution in [-0.4, -0.2) is 53.8 Å². The van der Waals surface area contributed by atoms with Crippen molar-refractivity contribution in [1.29, 1.82) is 0 Å². The monoisotopic (exact) mass is 258 g/mol. The van der Waals surface area contributed by atoms with E-state index < -0.39 is 11.5 Å². The maximum atomic E-state index is 12.0. The third-order valence-electron chi connectivity index (χ3n) is 3.04. The lowest BCUT2D eigenvalue weighted by Crippen LogP contribution is -2.54. The molecule has 0 bridgehead atoms. The van der Waals surface area contributed by atoms with Crippen LogP contribution in [0.4, 0.5) is 4.79 Å². The SMILES string of the molecule is COC1CCCN(C(=O)NC(C)(C)CC(=O)O)C1. The molecule has 6 heteroatoms. The fourth-order valence-corrected chi connectivity index (χ4v) is 2.11. The van der Waals surface area contributed by atoms with E-state index in [2.05, 4.69) is 5.32 Å². The zero-order chi connectivity index (χ0) is 13.8. The predicted molar refractivity (Wildman–Crippen MR) is 66.5 cm³/mol. The van der Waals surface area contributed by atoms with E-state index in [4.69, 9.17) is 9.84 Å². The average molecular weight is 258 g/mol. The molecule has 0 aliphatic carbocycles. The lowest BCUT2D eigenvalue weighted by molar-refractivity contribution is -0.138. The Hall–Kier alpha value is -1.30. The number of carboxylic acids is 1. The molecule has 1 heterocycles. The smallest absolute Gasteiger partial charge is 0.317 e. The number of hydrogen-bond donors (Lipinski definition) is 2. The number of nitrogens with zero attached hydrogens (tertiary/aromatic N) is 1. The second-order valence-corrected chi connectivity index (χ2v) is 5.33. The standard InChI is InChI=1S/C12H22N2O4/c1-12(2,7-10(15)16)13-11(17)14-6-4-5-9(8-14)18-3/h9H,4-8H2,1-3H3,(H,13,17)(H,15,16). The molecule has 2 N–H and O–H groups in total. The fourth-order valence-electron chi connectivity index (χ4n) is 2.11. The summed E-state index contributed by atoms with van der Waals surface area (Å²) in [4.78, 5) is 24.4. The van der Waals surface area contributed by atoms with E-state index in [1.54, 1.807) is 25.9 Å². The van der Waals surface area contributed by atoms with Crippen LogP contribution in [0.15, 0.2) is 0 Å². The van der Waals surface area contributed by atoms with Gasteiger partial charge in [0.15, 0.2) is 0 Å². The van der Waals surface area contributed by atoms with Crippen molar-refractivity contribution in [2.45, 2.75) is 44.8 Å². The number of amides is 2. The summed E-state index contributed by atoms with van der Waals surface area (Å²) in [5.74, 6) is -0.922. The fraction of sp³-hybridized carbons (Fsp3) is 0.833. The Morgan fingerprint density at radius 1 is 1.50 bits per heavy atom. The number of nitrogens with one attached hydrogen (secondary N) is 1. The third kappa shape index (κ3) is 4.52. The molecule has 1 aliphatic rings. The number of carbonyl (C=O) groups is 2. The Kier molecular flexibility index (Phi) is 4.95. The van der Waals surface area contributed by atoms with Crippen LogP contribution in [0.3, 0.4) is 0 Å². The van der Waals surface area contributed by atoms with Crippen LogP contribution in [0, 0.1) is 0 Å². The highest BCUT2D eigenvalue weighted by Crippen LogP contribution is 2.14. The first-order valence-corrected chi connectivity index (χ1v) is 6.16. The lowest BCUT2D eigenvalue weighted by Gasteiger charge is -2.35. The van der Waals surface area contributed by atoms with Crippen molar-refractivity contribution >= 4 is 12.0 Å². The van der Waals surface area contributed by atoms with Crippen LogP contribution < -0.4 is 5.32 Å². The zero-order valence-corrected chi connectivity index (χ0v) is 11.2. The van der Waals surface area contributed by atoms with Crippen molar-refractivity contribution in [3.63, 3.8) is 0 Å². The Morgan fingerprint density at radius 2 is 2.17 bits per heavy atom. The highest BCUT2D eigenvalue weighted by atomic mass is 16.5. The summed E-state index contributed by atoms with van der Waals surface area (Å²) < 4.78 is 5.25. The van der Waals surface area contributed by atoms with Crippen molar-refractivity contribution in [3.8, 4) is 0 Å². The van der Waals surface area contributed by atoms with Crippen molar-refractivity contribution in [3.05, 3.63) is 0 Å². The highest BCUT2D eigenvalue weighted by molar-refractivity contribution is 5.76. The summed E-state index contributed by atoms with van der Waals surface area (Å²) in [6, 6.07) is -0.219. The van der Waals surface area contributed by atoms with E-state index >= 15 is 0 Å². The summed E-state index contributed by atoms with van der Waals surface area (Å²) in [5.41, 5.74) is -0.747. The maximum Gasteiger partial charge on any atom is 0.317 e. The number of carboxylic acid groups (broad SMARTS) is 1. The molecule has 0 saturated carbocycles. The van der Waals surface area contributed by atoms with Gasteiger partial charge in [0.2, 0.25) is 0 Å². The molecule has 6 nitrogen and oxygen atoms in total. The first-order chi connectivity index (χ1) is 8.34. The van der Waals surface area contributed by atoms with Gasteiger partial charge in [-0.15, -0.1) is 0 Å². The average Bonchev–Trinajstić information content (AvgIpc) is 2.26. The van der Waals surface area contributed by atoms with E-state index in [1.807, 2.05) is 0 Å². The molecule has 1 fully saturated rings. The minimum atomic E-state index is -0.922. The van der Waals surface area contributed by atoms with Crippen molar-refractivity contribution < 1.29 is 19.4 Å². The number of urea groups is 1. The molecule has 2 amide bonds. The van der Waals surface area contributed by atoms with Gasteiger partial charge in [0.05, 0.1) is 12.5 Å². The number of carbonyl (C=O) groups excluding carboxylic acids is 1. The van der Waals surface area contributed by atoms with Crippen molar-refractivity contribution in [2.75, 3.05) is 20.2 Å². The minimum Gasteiger partial charge on any atom is -0.481 e. The molecule has 1 rings (SSSR count). The van der Waals surface area contributed by atoms with Gasteiger partial charge in [-0.3, -0.25) is 4.79 Å². The maximum absolute atomic E-state index is 12.0. The van der Waals surface area contributed by atoms with Crippen molar-refractivity contribution in [2.24, 2.45) is 0 Å². The number of aliphatic carboxylic acids is 1. The van der Waals surface area contributed by atoms with Crippen LogP contribution in [0.1, 0.15) is 33.1 Å². The van der Waals surface area contributed by atoms with Gasteiger partial charge in [-0.1, -0.05) is 0 Å². The molecular formula is C12H22N2O4. The molecule has 0 aromatic rings. The molecule has 104 valence electrons. The summed E-state index contributed by atoms with van der Waals surface area (Å²) >= 11 is 0. The van der Waals surface area contributed by atoms with Gasteiger partial charge in [-0.05, 0) is 26.7 Å².